The van der Waals surface area contributed by atoms with Crippen molar-refractivity contribution in [1.82, 2.24) is 0 Å². The van der Waals surface area contributed by atoms with Crippen LogP contribution in [0.15, 0.2) is 5.11 Å². The summed E-state index contributed by atoms with van der Waals surface area (Å²) in [7, 11) is 0. The SMILES string of the molecule is CCCCCCCCCCCCCC(=O)CN=[N+]=[N-]. The zero-order chi connectivity index (χ0) is 14.2. The molecule has 0 aromatic rings. The van der Waals surface area contributed by atoms with Crippen LogP contribution in [0.4, 0.5) is 0 Å². The Morgan fingerprint density at radius 3 is 1.84 bits per heavy atom. The van der Waals surface area contributed by atoms with E-state index in [2.05, 4.69) is 16.9 Å². The van der Waals surface area contributed by atoms with Crippen molar-refractivity contribution in [3.8, 4) is 0 Å². The Morgan fingerprint density at radius 1 is 0.895 bits per heavy atom. The molecule has 0 aromatic carbocycles. The van der Waals surface area contributed by atoms with Gasteiger partial charge in [0.15, 0.2) is 0 Å². The van der Waals surface area contributed by atoms with Gasteiger partial charge in [0, 0.05) is 11.3 Å². The van der Waals surface area contributed by atoms with E-state index >= 15 is 0 Å². The van der Waals surface area contributed by atoms with Gasteiger partial charge in [0.1, 0.15) is 5.78 Å². The molecule has 19 heavy (non-hydrogen) atoms. The van der Waals surface area contributed by atoms with E-state index in [9.17, 15) is 4.79 Å². The second kappa shape index (κ2) is 15.0. The molecule has 0 saturated heterocycles. The van der Waals surface area contributed by atoms with Crippen LogP contribution >= 0.6 is 0 Å². The quantitative estimate of drug-likeness (QED) is 0.176. The number of carbonyl (C=O) groups excluding carboxylic acids is 1. The second-order valence-electron chi connectivity index (χ2n) is 5.21. The predicted molar refractivity (Wildman–Crippen MR) is 80.1 cm³/mol. The molecule has 0 heterocycles. The van der Waals surface area contributed by atoms with Gasteiger partial charge < -0.3 is 0 Å². The highest BCUT2D eigenvalue weighted by Crippen LogP contribution is 2.11. The fraction of sp³-hybridized carbons (Fsp3) is 0.933. The van der Waals surface area contributed by atoms with Gasteiger partial charge in [-0.3, -0.25) is 4.79 Å². The van der Waals surface area contributed by atoms with Crippen LogP contribution in [0.3, 0.4) is 0 Å². The topological polar surface area (TPSA) is 65.8 Å². The molecule has 0 N–H and O–H groups in total. The minimum absolute atomic E-state index is 0.0221. The standard InChI is InChI=1S/C15H29N3O/c1-2-3-4-5-6-7-8-9-10-11-12-13-15(19)14-17-18-16/h2-14H2,1H3. The highest BCUT2D eigenvalue weighted by molar-refractivity contribution is 5.80. The zero-order valence-electron chi connectivity index (χ0n) is 12.4. The van der Waals surface area contributed by atoms with Gasteiger partial charge in [0.2, 0.25) is 0 Å². The van der Waals surface area contributed by atoms with Gasteiger partial charge in [-0.2, -0.15) is 0 Å². The molecule has 0 fully saturated rings. The molecule has 0 atom stereocenters. The Labute approximate surface area is 117 Å². The van der Waals surface area contributed by atoms with E-state index in [0.717, 1.165) is 12.8 Å². The number of Topliss-reactive ketones (excluding diaryl/α,β-unsaturated/α-hetero) is 1. The summed E-state index contributed by atoms with van der Waals surface area (Å²) in [5, 5.41) is 3.27. The number of azide groups is 1. The van der Waals surface area contributed by atoms with Crippen LogP contribution in [0.5, 0.6) is 0 Å². The average molecular weight is 267 g/mol. The maximum Gasteiger partial charge on any atom is 0.138 e. The van der Waals surface area contributed by atoms with E-state index in [-0.39, 0.29) is 12.3 Å². The van der Waals surface area contributed by atoms with Gasteiger partial charge in [0.05, 0.1) is 6.54 Å². The number of rotatable bonds is 14. The first-order valence-electron chi connectivity index (χ1n) is 7.83. The lowest BCUT2D eigenvalue weighted by molar-refractivity contribution is -0.117. The third-order valence-corrected chi connectivity index (χ3v) is 3.37. The molecule has 0 unspecified atom stereocenters. The predicted octanol–water partition coefficient (Wildman–Crippen LogP) is 5.57. The van der Waals surface area contributed by atoms with Crippen LogP contribution in [-0.2, 0) is 4.79 Å². The van der Waals surface area contributed by atoms with Crippen LogP contribution in [0.2, 0.25) is 0 Å². The van der Waals surface area contributed by atoms with Crippen molar-refractivity contribution < 1.29 is 4.79 Å². The van der Waals surface area contributed by atoms with E-state index < -0.39 is 0 Å². The molecule has 0 saturated carbocycles. The van der Waals surface area contributed by atoms with Crippen LogP contribution in [0.25, 0.3) is 10.4 Å². The van der Waals surface area contributed by atoms with E-state index in [1.54, 1.807) is 0 Å². The molecule has 0 amide bonds. The van der Waals surface area contributed by atoms with Gasteiger partial charge in [-0.05, 0) is 12.0 Å². The van der Waals surface area contributed by atoms with Crippen LogP contribution in [0, 0.1) is 0 Å². The molecule has 4 nitrogen and oxygen atoms in total. The summed E-state index contributed by atoms with van der Waals surface area (Å²) < 4.78 is 0. The Morgan fingerprint density at radius 2 is 1.37 bits per heavy atom. The summed E-state index contributed by atoms with van der Waals surface area (Å²) in [6, 6.07) is 0. The smallest absolute Gasteiger partial charge is 0.138 e. The molecule has 110 valence electrons. The maximum absolute atomic E-state index is 11.2. The third kappa shape index (κ3) is 14.9. The van der Waals surface area contributed by atoms with Crippen LogP contribution in [0.1, 0.15) is 84.0 Å². The van der Waals surface area contributed by atoms with Gasteiger partial charge in [-0.15, -0.1) is 0 Å². The largest absolute Gasteiger partial charge is 0.300 e. The number of carbonyl (C=O) groups is 1. The molecule has 0 aromatic heterocycles. The molecule has 0 aliphatic rings. The van der Waals surface area contributed by atoms with Gasteiger partial charge >= 0.3 is 0 Å². The molecule has 0 radical (unpaired) electrons. The molecule has 0 aliphatic heterocycles. The molecule has 0 aliphatic carbocycles. The highest BCUT2D eigenvalue weighted by Gasteiger charge is 1.99. The lowest BCUT2D eigenvalue weighted by Crippen LogP contribution is -2.00. The Hall–Kier alpha value is -1.02. The fourth-order valence-electron chi connectivity index (χ4n) is 2.18. The molecule has 0 spiro atoms. The van der Waals surface area contributed by atoms with Crippen LogP contribution in [-0.4, -0.2) is 12.3 Å². The van der Waals surface area contributed by atoms with Crippen molar-refractivity contribution in [2.24, 2.45) is 5.11 Å². The molecule has 4 heteroatoms. The van der Waals surface area contributed by atoms with Crippen molar-refractivity contribution in [3.63, 3.8) is 0 Å². The monoisotopic (exact) mass is 267 g/mol. The van der Waals surface area contributed by atoms with Crippen LogP contribution < -0.4 is 0 Å². The summed E-state index contributed by atoms with van der Waals surface area (Å²) in [4.78, 5) is 13.8. The molecule has 0 rings (SSSR count). The fourth-order valence-corrected chi connectivity index (χ4v) is 2.18. The zero-order valence-corrected chi connectivity index (χ0v) is 12.4. The normalized spacial score (nSPS) is 10.2. The molecular formula is C15H29N3O. The first-order chi connectivity index (χ1) is 9.31. The Balaban J connectivity index is 3.10. The first-order valence-corrected chi connectivity index (χ1v) is 7.83. The Kier molecular flexibility index (Phi) is 14.2. The van der Waals surface area contributed by atoms with Crippen molar-refractivity contribution in [3.05, 3.63) is 10.4 Å². The summed E-state index contributed by atoms with van der Waals surface area (Å²) in [5.41, 5.74) is 8.08. The summed E-state index contributed by atoms with van der Waals surface area (Å²) in [6.45, 7) is 2.27. The van der Waals surface area contributed by atoms with Crippen molar-refractivity contribution in [1.29, 1.82) is 0 Å². The van der Waals surface area contributed by atoms with Crippen molar-refractivity contribution in [2.45, 2.75) is 84.0 Å². The average Bonchev–Trinajstić information content (AvgIpc) is 2.42. The van der Waals surface area contributed by atoms with Gasteiger partial charge in [-0.25, -0.2) is 0 Å². The van der Waals surface area contributed by atoms with E-state index in [4.69, 9.17) is 5.53 Å². The summed E-state index contributed by atoms with van der Waals surface area (Å²) in [5.74, 6) is 0.0636. The molecule has 0 bridgehead atoms. The van der Waals surface area contributed by atoms with Crippen molar-refractivity contribution >= 4 is 5.78 Å². The minimum Gasteiger partial charge on any atom is -0.300 e. The third-order valence-electron chi connectivity index (χ3n) is 3.37. The lowest BCUT2D eigenvalue weighted by atomic mass is 10.0. The number of ketones is 1. The van der Waals surface area contributed by atoms with Gasteiger partial charge in [-0.1, -0.05) is 76.2 Å². The number of hydrogen-bond donors (Lipinski definition) is 0. The maximum atomic E-state index is 11.2. The van der Waals surface area contributed by atoms with E-state index in [1.807, 2.05) is 0 Å². The number of unbranched alkanes of at least 4 members (excludes halogenated alkanes) is 10. The number of nitrogens with zero attached hydrogens (tertiary/aromatic N) is 3. The van der Waals surface area contributed by atoms with E-state index in [0.29, 0.717) is 6.42 Å². The second-order valence-corrected chi connectivity index (χ2v) is 5.21. The van der Waals surface area contributed by atoms with E-state index in [1.165, 1.54) is 57.8 Å². The first kappa shape index (κ1) is 18.0. The Bertz CT molecular complexity index is 260. The summed E-state index contributed by atoms with van der Waals surface area (Å²) >= 11 is 0. The number of hydrogen-bond acceptors (Lipinski definition) is 2. The highest BCUT2D eigenvalue weighted by atomic mass is 16.1. The van der Waals surface area contributed by atoms with Gasteiger partial charge in [0.25, 0.3) is 0 Å². The lowest BCUT2D eigenvalue weighted by Gasteiger charge is -2.02. The van der Waals surface area contributed by atoms with Crippen molar-refractivity contribution in [2.75, 3.05) is 6.54 Å². The minimum atomic E-state index is 0.0221. The summed E-state index contributed by atoms with van der Waals surface area (Å²) in [6.07, 6.45) is 14.7. The molecular weight excluding hydrogens is 238 g/mol.